The fourth-order valence-electron chi connectivity index (χ4n) is 1.15. The fourth-order valence-corrected chi connectivity index (χ4v) is 1.52. The zero-order valence-corrected chi connectivity index (χ0v) is 11.0. The molecule has 1 amide bonds. The van der Waals surface area contributed by atoms with Gasteiger partial charge in [0, 0.05) is 10.0 Å². The lowest BCUT2D eigenvalue weighted by atomic mass is 10.1. The maximum atomic E-state index is 11.6. The van der Waals surface area contributed by atoms with E-state index in [0.717, 1.165) is 0 Å². The van der Waals surface area contributed by atoms with Crippen LogP contribution < -0.4 is 5.32 Å². The van der Waals surface area contributed by atoms with E-state index in [9.17, 15) is 9.59 Å². The Labute approximate surface area is 107 Å². The number of nitrogens with one attached hydrogen (secondary N) is 1. The maximum absolute atomic E-state index is 11.6. The molecule has 1 rings (SSSR count). The molecule has 4 nitrogen and oxygen atoms in total. The minimum atomic E-state index is -1.08. The highest BCUT2D eigenvalue weighted by atomic mass is 79.9. The predicted molar refractivity (Wildman–Crippen MR) is 69.2 cm³/mol. The smallest absolute Gasteiger partial charge is 0.337 e. The molecule has 1 aromatic carbocycles. The number of anilines is 1. The Kier molecular flexibility index (Phi) is 4.45. The van der Waals surface area contributed by atoms with Gasteiger partial charge in [-0.05, 0) is 32.0 Å². The van der Waals surface area contributed by atoms with E-state index in [1.807, 2.05) is 0 Å². The van der Waals surface area contributed by atoms with Crippen LogP contribution in [0.15, 0.2) is 34.3 Å². The third kappa shape index (κ3) is 3.42. The zero-order valence-electron chi connectivity index (χ0n) is 9.45. The molecule has 0 atom stereocenters. The number of carbonyl (C=O) groups is 2. The molecule has 5 heteroatoms. The van der Waals surface area contributed by atoms with Crippen molar-refractivity contribution in [2.75, 3.05) is 5.32 Å². The van der Waals surface area contributed by atoms with Gasteiger partial charge in [0.15, 0.2) is 0 Å². The first-order chi connectivity index (χ1) is 7.95. The largest absolute Gasteiger partial charge is 0.478 e. The molecule has 0 spiro atoms. The highest BCUT2D eigenvalue weighted by molar-refractivity contribution is 9.10. The van der Waals surface area contributed by atoms with Crippen molar-refractivity contribution in [3.63, 3.8) is 0 Å². The van der Waals surface area contributed by atoms with E-state index in [4.69, 9.17) is 5.11 Å². The molecule has 17 heavy (non-hydrogen) atoms. The van der Waals surface area contributed by atoms with Gasteiger partial charge in [0.1, 0.15) is 0 Å². The van der Waals surface area contributed by atoms with Crippen LogP contribution in [-0.2, 0) is 4.79 Å². The summed E-state index contributed by atoms with van der Waals surface area (Å²) in [6, 6.07) is 4.67. The summed E-state index contributed by atoms with van der Waals surface area (Å²) < 4.78 is 0.649. The van der Waals surface area contributed by atoms with Crippen LogP contribution in [0.25, 0.3) is 0 Å². The predicted octanol–water partition coefficient (Wildman–Crippen LogP) is 3.05. The highest BCUT2D eigenvalue weighted by Crippen LogP contribution is 2.21. The molecule has 0 bridgehead atoms. The monoisotopic (exact) mass is 297 g/mol. The van der Waals surface area contributed by atoms with Gasteiger partial charge in [-0.2, -0.15) is 0 Å². The highest BCUT2D eigenvalue weighted by Gasteiger charge is 2.13. The van der Waals surface area contributed by atoms with Crippen LogP contribution in [0.5, 0.6) is 0 Å². The Morgan fingerprint density at radius 3 is 2.59 bits per heavy atom. The number of allylic oxidation sites excluding steroid dienone is 1. The molecular formula is C12H12BrNO3. The second-order valence-electron chi connectivity index (χ2n) is 3.42. The van der Waals surface area contributed by atoms with Gasteiger partial charge in [-0.1, -0.05) is 22.0 Å². The number of carbonyl (C=O) groups excluding carboxylic acids is 1. The van der Waals surface area contributed by atoms with Crippen molar-refractivity contribution in [2.45, 2.75) is 13.8 Å². The first kappa shape index (κ1) is 13.4. The SMILES string of the molecule is C/C=C(\C)C(=O)Nc1ccc(Br)cc1C(=O)O. The van der Waals surface area contributed by atoms with E-state index in [2.05, 4.69) is 21.2 Å². The third-order valence-electron chi connectivity index (χ3n) is 2.25. The van der Waals surface area contributed by atoms with Crippen LogP contribution in [0.4, 0.5) is 5.69 Å². The summed E-state index contributed by atoms with van der Waals surface area (Å²) in [5.41, 5.74) is 0.868. The van der Waals surface area contributed by atoms with E-state index in [1.165, 1.54) is 6.07 Å². The van der Waals surface area contributed by atoms with Gasteiger partial charge in [-0.15, -0.1) is 0 Å². The molecule has 2 N–H and O–H groups in total. The molecule has 0 saturated heterocycles. The Hall–Kier alpha value is -1.62. The van der Waals surface area contributed by atoms with Gasteiger partial charge < -0.3 is 10.4 Å². The number of hydrogen-bond donors (Lipinski definition) is 2. The summed E-state index contributed by atoms with van der Waals surface area (Å²) in [7, 11) is 0. The summed E-state index contributed by atoms with van der Waals surface area (Å²) in [5.74, 6) is -1.39. The standard InChI is InChI=1S/C12H12BrNO3/c1-3-7(2)11(15)14-10-5-4-8(13)6-9(10)12(16)17/h3-6H,1-2H3,(H,14,15)(H,16,17)/b7-3+. The second-order valence-corrected chi connectivity index (χ2v) is 4.34. The number of benzene rings is 1. The number of carboxylic acid groups (broad SMARTS) is 1. The maximum Gasteiger partial charge on any atom is 0.337 e. The van der Waals surface area contributed by atoms with Crippen LogP contribution in [0.1, 0.15) is 24.2 Å². The number of halogens is 1. The minimum Gasteiger partial charge on any atom is -0.478 e. The van der Waals surface area contributed by atoms with Gasteiger partial charge >= 0.3 is 5.97 Å². The second kappa shape index (κ2) is 5.63. The Morgan fingerprint density at radius 2 is 2.06 bits per heavy atom. The van der Waals surface area contributed by atoms with E-state index < -0.39 is 5.97 Å². The van der Waals surface area contributed by atoms with E-state index in [-0.39, 0.29) is 17.2 Å². The van der Waals surface area contributed by atoms with Crippen molar-refractivity contribution in [2.24, 2.45) is 0 Å². The normalized spacial score (nSPS) is 11.1. The first-order valence-electron chi connectivity index (χ1n) is 4.92. The molecule has 0 fully saturated rings. The molecular weight excluding hydrogens is 286 g/mol. The van der Waals surface area contributed by atoms with E-state index in [0.29, 0.717) is 10.0 Å². The number of carboxylic acids is 1. The number of aromatic carboxylic acids is 1. The molecule has 0 radical (unpaired) electrons. The number of rotatable bonds is 3. The van der Waals surface area contributed by atoms with E-state index in [1.54, 1.807) is 32.1 Å². The van der Waals surface area contributed by atoms with E-state index >= 15 is 0 Å². The van der Waals surface area contributed by atoms with Crippen molar-refractivity contribution in [3.05, 3.63) is 39.9 Å². The lowest BCUT2D eigenvalue weighted by Crippen LogP contribution is -2.15. The lowest BCUT2D eigenvalue weighted by molar-refractivity contribution is -0.112. The molecule has 0 unspecified atom stereocenters. The average Bonchev–Trinajstić information content (AvgIpc) is 2.29. The van der Waals surface area contributed by atoms with Gasteiger partial charge in [0.2, 0.25) is 0 Å². The average molecular weight is 298 g/mol. The molecule has 0 heterocycles. The lowest BCUT2D eigenvalue weighted by Gasteiger charge is -2.08. The minimum absolute atomic E-state index is 0.0524. The topological polar surface area (TPSA) is 66.4 Å². The van der Waals surface area contributed by atoms with Crippen LogP contribution >= 0.6 is 15.9 Å². The van der Waals surface area contributed by atoms with Crippen molar-refractivity contribution in [1.29, 1.82) is 0 Å². The summed E-state index contributed by atoms with van der Waals surface area (Å²) in [6.45, 7) is 3.41. The third-order valence-corrected chi connectivity index (χ3v) is 2.74. The Bertz CT molecular complexity index is 495. The fraction of sp³-hybridized carbons (Fsp3) is 0.167. The van der Waals surface area contributed by atoms with Crippen molar-refractivity contribution >= 4 is 33.5 Å². The summed E-state index contributed by atoms with van der Waals surface area (Å²) in [5, 5.41) is 11.6. The van der Waals surface area contributed by atoms with Gasteiger partial charge in [0.25, 0.3) is 5.91 Å². The van der Waals surface area contributed by atoms with Gasteiger partial charge in [0.05, 0.1) is 11.3 Å². The molecule has 0 aliphatic rings. The summed E-state index contributed by atoms with van der Waals surface area (Å²) in [6.07, 6.45) is 1.66. The Morgan fingerprint density at radius 1 is 1.41 bits per heavy atom. The van der Waals surface area contributed by atoms with Crippen molar-refractivity contribution in [1.82, 2.24) is 0 Å². The molecule has 1 aromatic rings. The molecule has 0 saturated carbocycles. The van der Waals surface area contributed by atoms with Crippen LogP contribution in [0.3, 0.4) is 0 Å². The van der Waals surface area contributed by atoms with Gasteiger partial charge in [-0.3, -0.25) is 4.79 Å². The quantitative estimate of drug-likeness (QED) is 0.843. The number of amides is 1. The molecule has 0 aliphatic heterocycles. The Balaban J connectivity index is 3.07. The molecule has 90 valence electrons. The molecule has 0 aliphatic carbocycles. The number of hydrogen-bond acceptors (Lipinski definition) is 2. The summed E-state index contributed by atoms with van der Waals surface area (Å²) in [4.78, 5) is 22.6. The van der Waals surface area contributed by atoms with Crippen LogP contribution in [0.2, 0.25) is 0 Å². The van der Waals surface area contributed by atoms with Crippen molar-refractivity contribution in [3.8, 4) is 0 Å². The summed E-state index contributed by atoms with van der Waals surface area (Å²) >= 11 is 3.19. The van der Waals surface area contributed by atoms with Crippen LogP contribution in [-0.4, -0.2) is 17.0 Å². The van der Waals surface area contributed by atoms with Crippen molar-refractivity contribution < 1.29 is 14.7 Å². The first-order valence-corrected chi connectivity index (χ1v) is 5.72. The van der Waals surface area contributed by atoms with Crippen LogP contribution in [0, 0.1) is 0 Å². The zero-order chi connectivity index (χ0) is 13.0. The van der Waals surface area contributed by atoms with Gasteiger partial charge in [-0.25, -0.2) is 4.79 Å². The molecule has 0 aromatic heterocycles.